The highest BCUT2D eigenvalue weighted by atomic mass is 16.5. The van der Waals surface area contributed by atoms with Crippen molar-refractivity contribution in [2.75, 3.05) is 7.11 Å². The topological polar surface area (TPSA) is 79.2 Å². The molecule has 5 nitrogen and oxygen atoms in total. The van der Waals surface area contributed by atoms with Gasteiger partial charge in [0, 0.05) is 5.56 Å². The van der Waals surface area contributed by atoms with E-state index in [9.17, 15) is 9.59 Å². The Bertz CT molecular complexity index is 596. The zero-order valence-electron chi connectivity index (χ0n) is 12.7. The number of nitriles is 1. The van der Waals surface area contributed by atoms with Crippen LogP contribution in [-0.2, 0) is 9.53 Å². The molecule has 1 saturated carbocycles. The third-order valence-electron chi connectivity index (χ3n) is 4.14. The van der Waals surface area contributed by atoms with Crippen LogP contribution in [0, 0.1) is 11.3 Å². The number of hydrogen-bond acceptors (Lipinski definition) is 4. The van der Waals surface area contributed by atoms with Crippen LogP contribution in [-0.4, -0.2) is 24.5 Å². The molecule has 0 radical (unpaired) electrons. The van der Waals surface area contributed by atoms with E-state index in [-0.39, 0.29) is 11.9 Å². The maximum Gasteiger partial charge on any atom is 0.331 e. The Morgan fingerprint density at radius 2 is 1.91 bits per heavy atom. The van der Waals surface area contributed by atoms with Gasteiger partial charge in [-0.2, -0.15) is 5.26 Å². The molecule has 1 N–H and O–H groups in total. The highest BCUT2D eigenvalue weighted by Gasteiger charge is 2.41. The fraction of sp³-hybridized carbons (Fsp3) is 0.471. The van der Waals surface area contributed by atoms with Crippen molar-refractivity contribution in [3.8, 4) is 6.07 Å². The van der Waals surface area contributed by atoms with Gasteiger partial charge in [0.15, 0.2) is 0 Å². The minimum absolute atomic E-state index is 0.343. The van der Waals surface area contributed by atoms with Gasteiger partial charge in [0.2, 0.25) is 0 Å². The summed E-state index contributed by atoms with van der Waals surface area (Å²) in [6.07, 6.45) is 5.05. The van der Waals surface area contributed by atoms with Crippen molar-refractivity contribution >= 4 is 11.9 Å². The summed E-state index contributed by atoms with van der Waals surface area (Å²) in [7, 11) is 1.34. The molecule has 0 aromatic heterocycles. The average Bonchev–Trinajstić information content (AvgIpc) is 2.80. The van der Waals surface area contributed by atoms with Crippen LogP contribution in [0.25, 0.3) is 0 Å². The van der Waals surface area contributed by atoms with E-state index in [0.29, 0.717) is 24.0 Å². The summed E-state index contributed by atoms with van der Waals surface area (Å²) < 4.78 is 4.92. The molecule has 1 amide bonds. The molecule has 1 fully saturated rings. The molecule has 0 unspecified atom stereocenters. The second-order valence-electron chi connectivity index (χ2n) is 5.63. The molecule has 22 heavy (non-hydrogen) atoms. The van der Waals surface area contributed by atoms with E-state index in [4.69, 9.17) is 10.00 Å². The van der Waals surface area contributed by atoms with Gasteiger partial charge in [-0.3, -0.25) is 4.79 Å². The van der Waals surface area contributed by atoms with Crippen molar-refractivity contribution < 1.29 is 14.3 Å². The Hall–Kier alpha value is -2.35. The summed E-state index contributed by atoms with van der Waals surface area (Å²) in [4.78, 5) is 24.7. The molecule has 1 aromatic carbocycles. The minimum Gasteiger partial charge on any atom is -0.467 e. The van der Waals surface area contributed by atoms with Crippen molar-refractivity contribution in [1.82, 2.24) is 5.32 Å². The van der Waals surface area contributed by atoms with Crippen molar-refractivity contribution in [2.24, 2.45) is 0 Å². The Kier molecular flexibility index (Phi) is 5.16. The van der Waals surface area contributed by atoms with Crippen LogP contribution >= 0.6 is 0 Å². The Morgan fingerprint density at radius 1 is 1.23 bits per heavy atom. The molecule has 1 aliphatic carbocycles. The van der Waals surface area contributed by atoms with Crippen LogP contribution in [0.15, 0.2) is 24.3 Å². The maximum atomic E-state index is 12.5. The number of nitrogens with zero attached hydrogens (tertiary/aromatic N) is 1. The zero-order chi connectivity index (χ0) is 16.0. The predicted octanol–water partition coefficient (Wildman–Crippen LogP) is 2.55. The summed E-state index contributed by atoms with van der Waals surface area (Å²) in [6, 6.07) is 8.46. The first kappa shape index (κ1) is 16.0. The minimum atomic E-state index is -0.953. The number of benzene rings is 1. The fourth-order valence-corrected chi connectivity index (χ4v) is 2.93. The molecular formula is C17H20N2O3. The van der Waals surface area contributed by atoms with E-state index in [2.05, 4.69) is 5.32 Å². The quantitative estimate of drug-likeness (QED) is 0.687. The Labute approximate surface area is 130 Å². The van der Waals surface area contributed by atoms with E-state index in [1.807, 2.05) is 6.07 Å². The molecule has 0 heterocycles. The first-order valence-corrected chi connectivity index (χ1v) is 7.52. The normalized spacial score (nSPS) is 16.9. The van der Waals surface area contributed by atoms with Gasteiger partial charge in [0.25, 0.3) is 5.91 Å². The Morgan fingerprint density at radius 3 is 2.50 bits per heavy atom. The number of esters is 1. The zero-order valence-corrected chi connectivity index (χ0v) is 12.7. The summed E-state index contributed by atoms with van der Waals surface area (Å²) in [6.45, 7) is 0. The second-order valence-corrected chi connectivity index (χ2v) is 5.63. The summed E-state index contributed by atoms with van der Waals surface area (Å²) in [5, 5.41) is 11.8. The lowest BCUT2D eigenvalue weighted by Crippen LogP contribution is -2.54. The number of ether oxygens (including phenoxy) is 1. The molecule has 0 spiro atoms. The van der Waals surface area contributed by atoms with Gasteiger partial charge in [0.05, 0.1) is 18.7 Å². The molecule has 1 aromatic rings. The van der Waals surface area contributed by atoms with E-state index in [1.165, 1.54) is 13.2 Å². The average molecular weight is 300 g/mol. The maximum absolute atomic E-state index is 12.5. The predicted molar refractivity (Wildman–Crippen MR) is 81.1 cm³/mol. The van der Waals surface area contributed by atoms with Gasteiger partial charge in [-0.15, -0.1) is 0 Å². The SMILES string of the molecule is COC(=O)C1(NC(=O)c2cccc(C#N)c2)CCCCCC1. The molecule has 1 aliphatic rings. The standard InChI is InChI=1S/C17H20N2O3/c1-22-16(21)17(9-4-2-3-5-10-17)19-15(20)14-8-6-7-13(11-14)12-18/h6-8,11H,2-5,9-10H2,1H3,(H,19,20). The number of carbonyl (C=O) groups excluding carboxylic acids is 2. The molecule has 2 rings (SSSR count). The van der Waals surface area contributed by atoms with Crippen molar-refractivity contribution in [3.05, 3.63) is 35.4 Å². The first-order chi connectivity index (χ1) is 10.6. The number of methoxy groups -OCH3 is 1. The van der Waals surface area contributed by atoms with Crippen LogP contribution in [0.1, 0.15) is 54.4 Å². The highest BCUT2D eigenvalue weighted by Crippen LogP contribution is 2.28. The molecule has 0 bridgehead atoms. The van der Waals surface area contributed by atoms with Gasteiger partial charge in [-0.25, -0.2) is 4.79 Å². The van der Waals surface area contributed by atoms with Crippen LogP contribution < -0.4 is 5.32 Å². The van der Waals surface area contributed by atoms with E-state index in [0.717, 1.165) is 25.7 Å². The number of nitrogens with one attached hydrogen (secondary N) is 1. The smallest absolute Gasteiger partial charge is 0.331 e. The summed E-state index contributed by atoms with van der Waals surface area (Å²) in [5.41, 5.74) is -0.155. The lowest BCUT2D eigenvalue weighted by Gasteiger charge is -2.30. The van der Waals surface area contributed by atoms with E-state index < -0.39 is 5.54 Å². The lowest BCUT2D eigenvalue weighted by atomic mass is 9.89. The summed E-state index contributed by atoms with van der Waals surface area (Å²) in [5.74, 6) is -0.733. The molecule has 0 aliphatic heterocycles. The monoisotopic (exact) mass is 300 g/mol. The van der Waals surface area contributed by atoms with Gasteiger partial charge >= 0.3 is 5.97 Å². The van der Waals surface area contributed by atoms with Crippen molar-refractivity contribution in [3.63, 3.8) is 0 Å². The van der Waals surface area contributed by atoms with Crippen molar-refractivity contribution in [1.29, 1.82) is 5.26 Å². The second kappa shape index (κ2) is 7.08. The van der Waals surface area contributed by atoms with Crippen LogP contribution in [0.2, 0.25) is 0 Å². The molecule has 0 saturated heterocycles. The Balaban J connectivity index is 2.24. The highest BCUT2D eigenvalue weighted by molar-refractivity contribution is 5.98. The van der Waals surface area contributed by atoms with Crippen LogP contribution in [0.3, 0.4) is 0 Å². The molecular weight excluding hydrogens is 280 g/mol. The largest absolute Gasteiger partial charge is 0.467 e. The lowest BCUT2D eigenvalue weighted by molar-refractivity contribution is -0.148. The van der Waals surface area contributed by atoms with Crippen molar-refractivity contribution in [2.45, 2.75) is 44.1 Å². The number of hydrogen-bond donors (Lipinski definition) is 1. The van der Waals surface area contributed by atoms with E-state index in [1.54, 1.807) is 18.2 Å². The van der Waals surface area contributed by atoms with Gasteiger partial charge in [-0.1, -0.05) is 31.7 Å². The van der Waals surface area contributed by atoms with Crippen LogP contribution in [0.5, 0.6) is 0 Å². The van der Waals surface area contributed by atoms with Crippen LogP contribution in [0.4, 0.5) is 0 Å². The van der Waals surface area contributed by atoms with E-state index >= 15 is 0 Å². The summed E-state index contributed by atoms with van der Waals surface area (Å²) >= 11 is 0. The van der Waals surface area contributed by atoms with Gasteiger partial charge in [-0.05, 0) is 31.0 Å². The number of amides is 1. The first-order valence-electron chi connectivity index (χ1n) is 7.52. The molecule has 0 atom stereocenters. The van der Waals surface area contributed by atoms with Gasteiger partial charge < -0.3 is 10.1 Å². The fourth-order valence-electron chi connectivity index (χ4n) is 2.93. The molecule has 116 valence electrons. The number of carbonyl (C=O) groups is 2. The molecule has 5 heteroatoms. The third-order valence-corrected chi connectivity index (χ3v) is 4.14. The van der Waals surface area contributed by atoms with Gasteiger partial charge in [0.1, 0.15) is 5.54 Å². The third kappa shape index (κ3) is 3.45. The number of rotatable bonds is 3.